The fraction of sp³-hybridized carbons (Fsp3) is 0.524. The van der Waals surface area contributed by atoms with E-state index in [1.165, 1.54) is 5.56 Å². The molecule has 0 unspecified atom stereocenters. The van der Waals surface area contributed by atoms with Crippen molar-refractivity contribution in [2.24, 2.45) is 12.8 Å². The van der Waals surface area contributed by atoms with Gasteiger partial charge >= 0.3 is 0 Å². The van der Waals surface area contributed by atoms with Gasteiger partial charge in [0.15, 0.2) is 0 Å². The predicted octanol–water partition coefficient (Wildman–Crippen LogP) is 3.00. The zero-order valence-corrected chi connectivity index (χ0v) is 17.7. The second-order valence-corrected chi connectivity index (χ2v) is 9.12. The second-order valence-electron chi connectivity index (χ2n) is 7.98. The third-order valence-corrected chi connectivity index (χ3v) is 6.94. The first-order chi connectivity index (χ1) is 13.5. The zero-order chi connectivity index (χ0) is 19.8. The molecule has 1 saturated carbocycles. The van der Waals surface area contributed by atoms with Crippen LogP contribution in [0.2, 0.25) is 0 Å². The monoisotopic (exact) mass is 399 g/mol. The normalized spacial score (nSPS) is 23.0. The number of nitrogens with two attached hydrogens (primary N) is 1. The van der Waals surface area contributed by atoms with E-state index in [9.17, 15) is 4.79 Å². The summed E-state index contributed by atoms with van der Waals surface area (Å²) in [7, 11) is 3.95. The lowest BCUT2D eigenvalue weighted by molar-refractivity contribution is -0.127. The number of thioether (sulfide) groups is 1. The van der Waals surface area contributed by atoms with Gasteiger partial charge in [-0.3, -0.25) is 4.79 Å². The van der Waals surface area contributed by atoms with Crippen LogP contribution in [-0.2, 0) is 11.8 Å². The standard InChI is InChI=1S/C21H29N5OS/c1-14-12-24(2)20-19(14)17(7-8-23-20)26-9-10-28-18(13-26)21(27)25(3)16-6-4-5-15(22)11-16/h7-8,12-13,15-16H,4-6,9-11,22H2,1-3H3/t15-,16+/m0/s1. The van der Waals surface area contributed by atoms with E-state index in [4.69, 9.17) is 5.73 Å². The Balaban J connectivity index is 1.61. The van der Waals surface area contributed by atoms with Crippen LogP contribution in [0.3, 0.4) is 0 Å². The van der Waals surface area contributed by atoms with Gasteiger partial charge in [0, 0.05) is 62.5 Å². The third-order valence-electron chi connectivity index (χ3n) is 5.96. The third kappa shape index (κ3) is 3.53. The summed E-state index contributed by atoms with van der Waals surface area (Å²) in [4.78, 5) is 22.6. The highest BCUT2D eigenvalue weighted by molar-refractivity contribution is 8.04. The Morgan fingerprint density at radius 3 is 3.00 bits per heavy atom. The summed E-state index contributed by atoms with van der Waals surface area (Å²) in [5, 5.41) is 1.16. The van der Waals surface area contributed by atoms with E-state index in [-0.39, 0.29) is 18.0 Å². The molecule has 1 fully saturated rings. The molecule has 0 radical (unpaired) electrons. The van der Waals surface area contributed by atoms with Crippen molar-refractivity contribution in [3.63, 3.8) is 0 Å². The van der Waals surface area contributed by atoms with Crippen LogP contribution in [0, 0.1) is 6.92 Å². The minimum atomic E-state index is 0.115. The minimum absolute atomic E-state index is 0.115. The fourth-order valence-corrected chi connectivity index (χ4v) is 5.42. The van der Waals surface area contributed by atoms with Gasteiger partial charge < -0.3 is 20.1 Å². The number of aromatic nitrogens is 2. The summed E-state index contributed by atoms with van der Waals surface area (Å²) in [5.74, 6) is 1.01. The molecule has 1 aliphatic carbocycles. The highest BCUT2D eigenvalue weighted by Gasteiger charge is 2.29. The molecule has 3 heterocycles. The van der Waals surface area contributed by atoms with Crippen molar-refractivity contribution in [3.05, 3.63) is 35.1 Å². The molecule has 28 heavy (non-hydrogen) atoms. The SMILES string of the molecule is Cc1cn(C)c2nccc(N3C=C(C(=O)N(C)[C@@H]4CCC[C@H](N)C4)SCC3)c12. The number of carbonyl (C=O) groups excluding carboxylic acids is 1. The molecule has 2 aromatic rings. The zero-order valence-electron chi connectivity index (χ0n) is 16.9. The van der Waals surface area contributed by atoms with Crippen molar-refractivity contribution in [3.8, 4) is 0 Å². The number of amides is 1. The molecule has 0 aromatic carbocycles. The topological polar surface area (TPSA) is 67.4 Å². The molecule has 1 amide bonds. The van der Waals surface area contributed by atoms with Crippen LogP contribution in [-0.4, -0.2) is 51.8 Å². The summed E-state index contributed by atoms with van der Waals surface area (Å²) in [6.07, 6.45) is 10.1. The quantitative estimate of drug-likeness (QED) is 0.859. The summed E-state index contributed by atoms with van der Waals surface area (Å²) >= 11 is 1.65. The molecule has 7 heteroatoms. The van der Waals surface area contributed by atoms with E-state index < -0.39 is 0 Å². The number of likely N-dealkylation sites (N-methyl/N-ethyl adjacent to an activating group) is 1. The van der Waals surface area contributed by atoms with E-state index in [1.54, 1.807) is 11.8 Å². The van der Waals surface area contributed by atoms with E-state index in [0.717, 1.165) is 59.6 Å². The average molecular weight is 400 g/mol. The molecule has 2 N–H and O–H groups in total. The summed E-state index contributed by atoms with van der Waals surface area (Å²) in [6.45, 7) is 3.00. The minimum Gasteiger partial charge on any atom is -0.345 e. The lowest BCUT2D eigenvalue weighted by Gasteiger charge is -2.35. The summed E-state index contributed by atoms with van der Waals surface area (Å²) in [6, 6.07) is 2.51. The number of hydrogen-bond donors (Lipinski definition) is 1. The number of rotatable bonds is 3. The number of aryl methyl sites for hydroxylation is 2. The summed E-state index contributed by atoms with van der Waals surface area (Å²) in [5.41, 5.74) is 9.43. The van der Waals surface area contributed by atoms with Crippen molar-refractivity contribution in [1.29, 1.82) is 0 Å². The maximum atomic E-state index is 13.2. The number of carbonyl (C=O) groups is 1. The van der Waals surface area contributed by atoms with E-state index in [2.05, 4.69) is 27.6 Å². The van der Waals surface area contributed by atoms with Crippen molar-refractivity contribution in [2.75, 3.05) is 24.2 Å². The van der Waals surface area contributed by atoms with Gasteiger partial charge in [-0.1, -0.05) is 0 Å². The van der Waals surface area contributed by atoms with Crippen molar-refractivity contribution in [2.45, 2.75) is 44.7 Å². The van der Waals surface area contributed by atoms with Crippen LogP contribution in [0.15, 0.2) is 29.6 Å². The Labute approximate surface area is 170 Å². The lowest BCUT2D eigenvalue weighted by atomic mass is 9.91. The van der Waals surface area contributed by atoms with Gasteiger partial charge in [-0.15, -0.1) is 11.8 Å². The smallest absolute Gasteiger partial charge is 0.261 e. The molecular formula is C21H29N5OS. The van der Waals surface area contributed by atoms with E-state index in [1.807, 2.05) is 37.5 Å². The van der Waals surface area contributed by atoms with Crippen molar-refractivity contribution < 1.29 is 4.79 Å². The number of pyridine rings is 1. The maximum absolute atomic E-state index is 13.2. The van der Waals surface area contributed by atoms with Gasteiger partial charge in [-0.2, -0.15) is 0 Å². The fourth-order valence-electron chi connectivity index (χ4n) is 4.44. The molecule has 2 atom stereocenters. The van der Waals surface area contributed by atoms with Crippen molar-refractivity contribution in [1.82, 2.24) is 14.5 Å². The first-order valence-corrected chi connectivity index (χ1v) is 11.0. The largest absolute Gasteiger partial charge is 0.345 e. The number of hydrogen-bond acceptors (Lipinski definition) is 5. The molecule has 2 aromatic heterocycles. The highest BCUT2D eigenvalue weighted by atomic mass is 32.2. The predicted molar refractivity (Wildman–Crippen MR) is 116 cm³/mol. The first kappa shape index (κ1) is 19.3. The molecule has 1 aliphatic heterocycles. The van der Waals surface area contributed by atoms with E-state index >= 15 is 0 Å². The Morgan fingerprint density at radius 2 is 2.21 bits per heavy atom. The molecular weight excluding hydrogens is 370 g/mol. The van der Waals surface area contributed by atoms with Crippen LogP contribution < -0.4 is 10.6 Å². The molecule has 6 nitrogen and oxygen atoms in total. The Hall–Kier alpha value is -1.99. The molecule has 0 saturated heterocycles. The van der Waals surface area contributed by atoms with Gasteiger partial charge in [-0.05, 0) is 44.2 Å². The number of fused-ring (bicyclic) bond motifs is 1. The Kier molecular flexibility index (Phi) is 5.38. The van der Waals surface area contributed by atoms with Gasteiger partial charge in [0.05, 0.1) is 10.6 Å². The lowest BCUT2D eigenvalue weighted by Crippen LogP contribution is -2.44. The Morgan fingerprint density at radius 1 is 1.39 bits per heavy atom. The highest BCUT2D eigenvalue weighted by Crippen LogP contribution is 2.34. The van der Waals surface area contributed by atoms with Crippen LogP contribution in [0.1, 0.15) is 31.2 Å². The average Bonchev–Trinajstić information content (AvgIpc) is 3.01. The van der Waals surface area contributed by atoms with Gasteiger partial charge in [0.2, 0.25) is 0 Å². The first-order valence-electron chi connectivity index (χ1n) is 10.0. The van der Waals surface area contributed by atoms with E-state index in [0.29, 0.717) is 0 Å². The summed E-state index contributed by atoms with van der Waals surface area (Å²) < 4.78 is 2.06. The van der Waals surface area contributed by atoms with Crippen molar-refractivity contribution >= 4 is 34.4 Å². The van der Waals surface area contributed by atoms with Crippen LogP contribution in [0.4, 0.5) is 5.69 Å². The molecule has 4 rings (SSSR count). The number of anilines is 1. The molecule has 0 bridgehead atoms. The molecule has 2 aliphatic rings. The van der Waals surface area contributed by atoms with Gasteiger partial charge in [0.25, 0.3) is 5.91 Å². The molecule has 0 spiro atoms. The van der Waals surface area contributed by atoms with Crippen LogP contribution in [0.25, 0.3) is 11.0 Å². The van der Waals surface area contributed by atoms with Gasteiger partial charge in [-0.25, -0.2) is 4.98 Å². The van der Waals surface area contributed by atoms with Crippen LogP contribution >= 0.6 is 11.8 Å². The van der Waals surface area contributed by atoms with Gasteiger partial charge in [0.1, 0.15) is 5.65 Å². The molecule has 150 valence electrons. The Bertz CT molecular complexity index is 921. The maximum Gasteiger partial charge on any atom is 0.261 e. The number of nitrogens with zero attached hydrogens (tertiary/aromatic N) is 4. The second kappa shape index (κ2) is 7.79. The van der Waals surface area contributed by atoms with Crippen LogP contribution in [0.5, 0.6) is 0 Å².